The lowest BCUT2D eigenvalue weighted by molar-refractivity contribution is 0.468. The van der Waals surface area contributed by atoms with Crippen molar-refractivity contribution in [3.05, 3.63) is 5.69 Å². The standard InChI is InChI=1S/C13H24N4O2S2/c1-10-12(21(14,18)19)20-13(17-10)16-9-8-15-11-6-4-2-3-5-7-11/h11,15H,2-9H2,1H3,(H,16,17)(H2,14,18,19). The SMILES string of the molecule is Cc1nc(NCCNC2CCCCCC2)sc1S(N)(=O)=O. The molecule has 4 N–H and O–H groups in total. The number of aromatic nitrogens is 1. The van der Waals surface area contributed by atoms with Gasteiger partial charge >= 0.3 is 0 Å². The Labute approximate surface area is 130 Å². The number of anilines is 1. The van der Waals surface area contributed by atoms with Crippen LogP contribution in [0.2, 0.25) is 0 Å². The third-order valence-corrected chi connectivity index (χ3v) is 6.37. The van der Waals surface area contributed by atoms with Gasteiger partial charge in [-0.25, -0.2) is 18.5 Å². The molecule has 0 atom stereocenters. The van der Waals surface area contributed by atoms with E-state index in [9.17, 15) is 8.42 Å². The maximum absolute atomic E-state index is 11.3. The monoisotopic (exact) mass is 332 g/mol. The summed E-state index contributed by atoms with van der Waals surface area (Å²) in [5, 5.41) is 12.5. The number of nitrogens with one attached hydrogen (secondary N) is 2. The van der Waals surface area contributed by atoms with Crippen LogP contribution in [0.3, 0.4) is 0 Å². The molecule has 6 nitrogen and oxygen atoms in total. The van der Waals surface area contributed by atoms with Crippen LogP contribution in [0.1, 0.15) is 44.2 Å². The summed E-state index contributed by atoms with van der Waals surface area (Å²) >= 11 is 1.09. The quantitative estimate of drug-likeness (QED) is 0.545. The zero-order valence-electron chi connectivity index (χ0n) is 12.4. The molecule has 0 aromatic carbocycles. The van der Waals surface area contributed by atoms with Crippen LogP contribution in [0.15, 0.2) is 4.21 Å². The molecule has 0 unspecified atom stereocenters. The molecule has 0 bridgehead atoms. The Morgan fingerprint density at radius 1 is 1.24 bits per heavy atom. The molecule has 0 saturated heterocycles. The second kappa shape index (κ2) is 7.53. The molecule has 1 saturated carbocycles. The van der Waals surface area contributed by atoms with Gasteiger partial charge in [-0.15, -0.1) is 0 Å². The zero-order valence-corrected chi connectivity index (χ0v) is 14.0. The van der Waals surface area contributed by atoms with Crippen molar-refractivity contribution in [1.82, 2.24) is 10.3 Å². The molecule has 0 aliphatic heterocycles. The number of nitrogens with two attached hydrogens (primary N) is 1. The van der Waals surface area contributed by atoms with Crippen molar-refractivity contribution in [3.8, 4) is 0 Å². The molecule has 1 aliphatic rings. The predicted octanol–water partition coefficient (Wildman–Crippen LogP) is 1.82. The van der Waals surface area contributed by atoms with Crippen molar-refractivity contribution in [1.29, 1.82) is 0 Å². The topological polar surface area (TPSA) is 97.1 Å². The van der Waals surface area contributed by atoms with Gasteiger partial charge in [-0.1, -0.05) is 37.0 Å². The van der Waals surface area contributed by atoms with Gasteiger partial charge in [0.25, 0.3) is 0 Å². The van der Waals surface area contributed by atoms with Crippen molar-refractivity contribution >= 4 is 26.5 Å². The Morgan fingerprint density at radius 2 is 1.90 bits per heavy atom. The van der Waals surface area contributed by atoms with Gasteiger partial charge in [0.15, 0.2) is 9.34 Å². The highest BCUT2D eigenvalue weighted by Crippen LogP contribution is 2.25. The van der Waals surface area contributed by atoms with E-state index in [1.54, 1.807) is 6.92 Å². The second-order valence-electron chi connectivity index (χ2n) is 5.51. The second-order valence-corrected chi connectivity index (χ2v) is 8.26. The maximum Gasteiger partial charge on any atom is 0.249 e. The first-order valence-electron chi connectivity index (χ1n) is 7.44. The number of nitrogens with zero attached hydrogens (tertiary/aromatic N) is 1. The van der Waals surface area contributed by atoms with Gasteiger partial charge in [0.05, 0.1) is 5.69 Å². The van der Waals surface area contributed by atoms with Crippen LogP contribution in [0, 0.1) is 6.92 Å². The number of primary sulfonamides is 1. The number of aryl methyl sites for hydroxylation is 1. The molecule has 120 valence electrons. The summed E-state index contributed by atoms with van der Waals surface area (Å²) in [5.41, 5.74) is 0.460. The van der Waals surface area contributed by atoms with Crippen molar-refractivity contribution in [2.75, 3.05) is 18.4 Å². The van der Waals surface area contributed by atoms with Crippen LogP contribution < -0.4 is 15.8 Å². The number of hydrogen-bond acceptors (Lipinski definition) is 6. The molecule has 0 amide bonds. The molecule has 21 heavy (non-hydrogen) atoms. The zero-order chi connectivity index (χ0) is 15.3. The molecule has 1 fully saturated rings. The Kier molecular flexibility index (Phi) is 5.98. The van der Waals surface area contributed by atoms with Crippen LogP contribution in [0.25, 0.3) is 0 Å². The molecule has 0 radical (unpaired) electrons. The van der Waals surface area contributed by atoms with Crippen molar-refractivity contribution < 1.29 is 8.42 Å². The maximum atomic E-state index is 11.3. The molecule has 1 aromatic rings. The van der Waals surface area contributed by atoms with Crippen LogP contribution >= 0.6 is 11.3 Å². The van der Waals surface area contributed by atoms with E-state index in [0.29, 0.717) is 16.9 Å². The summed E-state index contributed by atoms with van der Waals surface area (Å²) in [5.74, 6) is 0. The average molecular weight is 332 g/mol. The number of sulfonamides is 1. The Balaban J connectivity index is 1.76. The molecule has 2 rings (SSSR count). The minimum absolute atomic E-state index is 0.140. The first-order chi connectivity index (χ1) is 9.97. The largest absolute Gasteiger partial charge is 0.360 e. The number of hydrogen-bond donors (Lipinski definition) is 3. The summed E-state index contributed by atoms with van der Waals surface area (Å²) in [4.78, 5) is 4.20. The minimum atomic E-state index is -3.66. The molecular weight excluding hydrogens is 308 g/mol. The first-order valence-corrected chi connectivity index (χ1v) is 9.80. The van der Waals surface area contributed by atoms with Crippen LogP contribution in [0.5, 0.6) is 0 Å². The molecular formula is C13H24N4O2S2. The van der Waals surface area contributed by atoms with Crippen molar-refractivity contribution in [2.24, 2.45) is 5.14 Å². The Bertz CT molecular complexity index is 549. The first kappa shape index (κ1) is 16.7. The number of thiazole rings is 1. The number of rotatable bonds is 6. The smallest absolute Gasteiger partial charge is 0.249 e. The van der Waals surface area contributed by atoms with Gasteiger partial charge in [-0.05, 0) is 19.8 Å². The van der Waals surface area contributed by atoms with E-state index in [0.717, 1.165) is 24.4 Å². The molecule has 1 aliphatic carbocycles. The predicted molar refractivity (Wildman–Crippen MR) is 86.2 cm³/mol. The molecule has 1 heterocycles. The third kappa shape index (κ3) is 5.21. The summed E-state index contributed by atoms with van der Waals surface area (Å²) < 4.78 is 22.8. The molecule has 1 aromatic heterocycles. The summed E-state index contributed by atoms with van der Waals surface area (Å²) in [6, 6.07) is 0.618. The summed E-state index contributed by atoms with van der Waals surface area (Å²) in [6.45, 7) is 3.24. The third-order valence-electron chi connectivity index (χ3n) is 3.70. The fourth-order valence-corrected chi connectivity index (χ4v) is 4.54. The minimum Gasteiger partial charge on any atom is -0.360 e. The fourth-order valence-electron chi connectivity index (χ4n) is 2.65. The van der Waals surface area contributed by atoms with Gasteiger partial charge in [0, 0.05) is 19.1 Å². The van der Waals surface area contributed by atoms with E-state index < -0.39 is 10.0 Å². The Morgan fingerprint density at radius 3 is 2.48 bits per heavy atom. The molecule has 8 heteroatoms. The van der Waals surface area contributed by atoms with E-state index >= 15 is 0 Å². The van der Waals surface area contributed by atoms with Gasteiger partial charge in [0.2, 0.25) is 10.0 Å². The lowest BCUT2D eigenvalue weighted by Crippen LogP contribution is -2.32. The van der Waals surface area contributed by atoms with E-state index in [1.165, 1.54) is 38.5 Å². The fraction of sp³-hybridized carbons (Fsp3) is 0.769. The van der Waals surface area contributed by atoms with Crippen molar-refractivity contribution in [2.45, 2.75) is 55.7 Å². The summed E-state index contributed by atoms with van der Waals surface area (Å²) in [7, 11) is -3.66. The van der Waals surface area contributed by atoms with Crippen LogP contribution in [-0.2, 0) is 10.0 Å². The van der Waals surface area contributed by atoms with E-state index in [2.05, 4.69) is 15.6 Å². The Hall–Kier alpha value is -0.700. The van der Waals surface area contributed by atoms with Gasteiger partial charge in [-0.2, -0.15) is 0 Å². The van der Waals surface area contributed by atoms with Gasteiger partial charge < -0.3 is 10.6 Å². The van der Waals surface area contributed by atoms with E-state index in [-0.39, 0.29) is 4.21 Å². The van der Waals surface area contributed by atoms with E-state index in [4.69, 9.17) is 5.14 Å². The lowest BCUT2D eigenvalue weighted by Gasteiger charge is -2.16. The van der Waals surface area contributed by atoms with E-state index in [1.807, 2.05) is 0 Å². The molecule has 0 spiro atoms. The van der Waals surface area contributed by atoms with Gasteiger partial charge in [-0.3, -0.25) is 0 Å². The summed E-state index contributed by atoms with van der Waals surface area (Å²) in [6.07, 6.45) is 7.84. The van der Waals surface area contributed by atoms with Crippen LogP contribution in [0.4, 0.5) is 5.13 Å². The lowest BCUT2D eigenvalue weighted by atomic mass is 10.1. The van der Waals surface area contributed by atoms with Gasteiger partial charge in [0.1, 0.15) is 0 Å². The van der Waals surface area contributed by atoms with Crippen molar-refractivity contribution in [3.63, 3.8) is 0 Å². The normalized spacial score (nSPS) is 17.6. The highest BCUT2D eigenvalue weighted by atomic mass is 32.2. The highest BCUT2D eigenvalue weighted by molar-refractivity contribution is 7.91. The highest BCUT2D eigenvalue weighted by Gasteiger charge is 2.17. The average Bonchev–Trinajstić information content (AvgIpc) is 2.62. The van der Waals surface area contributed by atoms with Crippen LogP contribution in [-0.4, -0.2) is 32.5 Å².